The molecule has 0 bridgehead atoms. The number of alkyl halides is 3. The third-order valence-electron chi connectivity index (χ3n) is 2.98. The van der Waals surface area contributed by atoms with Gasteiger partial charge in [0.2, 0.25) is 0 Å². The second kappa shape index (κ2) is 6.17. The minimum Gasteiger partial charge on any atom is -0.346 e. The molecule has 0 aliphatic heterocycles. The largest absolute Gasteiger partial charge is 0.346 e. The summed E-state index contributed by atoms with van der Waals surface area (Å²) in [5.74, 6) is -0.136. The SMILES string of the molecule is O=C(N[C@H](/C=C/c1ccccc1)C1CC1)C(Cl)(Cl)Cl. The molecule has 0 heterocycles. The van der Waals surface area contributed by atoms with E-state index in [-0.39, 0.29) is 6.04 Å². The van der Waals surface area contributed by atoms with Gasteiger partial charge in [0.05, 0.1) is 6.04 Å². The highest BCUT2D eigenvalue weighted by Crippen LogP contribution is 2.34. The Hall–Kier alpha value is -0.700. The Balaban J connectivity index is 2.01. The Morgan fingerprint density at radius 2 is 1.89 bits per heavy atom. The Bertz CT molecular complexity index is 463. The second-order valence-electron chi connectivity index (χ2n) is 4.60. The van der Waals surface area contributed by atoms with Gasteiger partial charge in [0.1, 0.15) is 0 Å². The molecule has 19 heavy (non-hydrogen) atoms. The zero-order chi connectivity index (χ0) is 13.9. The van der Waals surface area contributed by atoms with Crippen LogP contribution in [0.25, 0.3) is 6.08 Å². The van der Waals surface area contributed by atoms with Crippen molar-refractivity contribution in [3.63, 3.8) is 0 Å². The molecule has 0 aromatic heterocycles. The smallest absolute Gasteiger partial charge is 0.272 e. The van der Waals surface area contributed by atoms with E-state index < -0.39 is 9.70 Å². The molecule has 0 unspecified atom stereocenters. The number of hydrogen-bond donors (Lipinski definition) is 1. The van der Waals surface area contributed by atoms with Crippen LogP contribution in [0.15, 0.2) is 36.4 Å². The number of hydrogen-bond acceptors (Lipinski definition) is 1. The van der Waals surface area contributed by atoms with Gasteiger partial charge in [0.15, 0.2) is 0 Å². The highest BCUT2D eigenvalue weighted by molar-refractivity contribution is 6.76. The third-order valence-corrected chi connectivity index (χ3v) is 3.50. The quantitative estimate of drug-likeness (QED) is 0.836. The van der Waals surface area contributed by atoms with Gasteiger partial charge in [-0.2, -0.15) is 0 Å². The van der Waals surface area contributed by atoms with Crippen molar-refractivity contribution in [2.75, 3.05) is 0 Å². The molecule has 1 N–H and O–H groups in total. The van der Waals surface area contributed by atoms with Crippen molar-refractivity contribution in [2.24, 2.45) is 5.92 Å². The average Bonchev–Trinajstić information content (AvgIpc) is 3.18. The van der Waals surface area contributed by atoms with E-state index in [0.29, 0.717) is 5.92 Å². The standard InChI is InChI=1S/C14H14Cl3NO/c15-14(16,17)13(19)18-12(11-7-8-11)9-6-10-4-2-1-3-5-10/h1-6,9,11-12H,7-8H2,(H,18,19)/b9-6+/t12-/m1/s1. The number of halogens is 3. The lowest BCUT2D eigenvalue weighted by Gasteiger charge is -2.18. The Morgan fingerprint density at radius 3 is 2.42 bits per heavy atom. The molecule has 5 heteroatoms. The molecule has 1 fully saturated rings. The molecule has 1 atom stereocenters. The first-order valence-corrected chi connectivity index (χ1v) is 7.21. The maximum absolute atomic E-state index is 11.7. The Kier molecular flexibility index (Phi) is 4.77. The summed E-state index contributed by atoms with van der Waals surface area (Å²) in [7, 11) is 0. The summed E-state index contributed by atoms with van der Waals surface area (Å²) in [6.45, 7) is 0. The number of nitrogens with one attached hydrogen (secondary N) is 1. The van der Waals surface area contributed by atoms with Crippen molar-refractivity contribution >= 4 is 46.8 Å². The van der Waals surface area contributed by atoms with Gasteiger partial charge in [0, 0.05) is 0 Å². The van der Waals surface area contributed by atoms with Gasteiger partial charge >= 0.3 is 0 Å². The molecule has 2 rings (SSSR count). The molecular weight excluding hydrogens is 305 g/mol. The van der Waals surface area contributed by atoms with E-state index in [9.17, 15) is 4.79 Å². The van der Waals surface area contributed by atoms with E-state index in [4.69, 9.17) is 34.8 Å². The van der Waals surface area contributed by atoms with Crippen LogP contribution in [-0.2, 0) is 4.79 Å². The predicted octanol–water partition coefficient (Wildman–Crippen LogP) is 3.96. The summed E-state index contributed by atoms with van der Waals surface area (Å²) in [5.41, 5.74) is 1.08. The van der Waals surface area contributed by atoms with E-state index in [1.165, 1.54) is 0 Å². The fraction of sp³-hybridized carbons (Fsp3) is 0.357. The van der Waals surface area contributed by atoms with E-state index in [1.54, 1.807) is 0 Å². The number of carbonyl (C=O) groups excluding carboxylic acids is 1. The van der Waals surface area contributed by atoms with Crippen molar-refractivity contribution in [1.29, 1.82) is 0 Å². The van der Waals surface area contributed by atoms with E-state index in [1.807, 2.05) is 42.5 Å². The summed E-state index contributed by atoms with van der Waals surface area (Å²) < 4.78 is -1.91. The Morgan fingerprint density at radius 1 is 1.26 bits per heavy atom. The van der Waals surface area contributed by atoms with E-state index in [2.05, 4.69) is 5.32 Å². The van der Waals surface area contributed by atoms with Gasteiger partial charge in [0.25, 0.3) is 9.70 Å². The van der Waals surface area contributed by atoms with Crippen LogP contribution in [0.3, 0.4) is 0 Å². The normalized spacial score (nSPS) is 17.4. The summed E-state index contributed by atoms with van der Waals surface area (Å²) in [6.07, 6.45) is 6.11. The van der Waals surface area contributed by atoms with E-state index >= 15 is 0 Å². The molecule has 2 nitrogen and oxygen atoms in total. The number of rotatable bonds is 4. The maximum atomic E-state index is 11.7. The van der Waals surface area contributed by atoms with Crippen molar-refractivity contribution < 1.29 is 4.79 Å². The zero-order valence-corrected chi connectivity index (χ0v) is 12.4. The van der Waals surface area contributed by atoms with Crippen LogP contribution >= 0.6 is 34.8 Å². The maximum Gasteiger partial charge on any atom is 0.272 e. The van der Waals surface area contributed by atoms with Crippen LogP contribution in [-0.4, -0.2) is 15.7 Å². The van der Waals surface area contributed by atoms with Crippen LogP contribution in [0.1, 0.15) is 18.4 Å². The fourth-order valence-electron chi connectivity index (χ4n) is 1.79. The average molecular weight is 319 g/mol. The van der Waals surface area contributed by atoms with Gasteiger partial charge < -0.3 is 5.32 Å². The third kappa shape index (κ3) is 4.72. The molecular formula is C14H14Cl3NO. The van der Waals surface area contributed by atoms with Crippen LogP contribution in [0.4, 0.5) is 0 Å². The van der Waals surface area contributed by atoms with Gasteiger partial charge in [-0.25, -0.2) is 0 Å². The molecule has 1 amide bonds. The minimum absolute atomic E-state index is 0.0802. The van der Waals surface area contributed by atoms with Crippen molar-refractivity contribution in [2.45, 2.75) is 22.7 Å². The monoisotopic (exact) mass is 317 g/mol. The van der Waals surface area contributed by atoms with Crippen molar-refractivity contribution in [1.82, 2.24) is 5.32 Å². The lowest BCUT2D eigenvalue weighted by molar-refractivity contribution is -0.120. The van der Waals surface area contributed by atoms with Gasteiger partial charge in [-0.1, -0.05) is 77.3 Å². The molecule has 1 aliphatic carbocycles. The summed E-state index contributed by atoms with van der Waals surface area (Å²) >= 11 is 16.7. The van der Waals surface area contributed by atoms with Crippen LogP contribution in [0, 0.1) is 5.92 Å². The summed E-state index contributed by atoms with van der Waals surface area (Å²) in [5, 5.41) is 2.77. The fourth-order valence-corrected chi connectivity index (χ4v) is 1.95. The van der Waals surface area contributed by atoms with Gasteiger partial charge in [-0.15, -0.1) is 0 Å². The second-order valence-corrected chi connectivity index (χ2v) is 6.89. The van der Waals surface area contributed by atoms with Crippen molar-refractivity contribution in [3.05, 3.63) is 42.0 Å². The number of carbonyl (C=O) groups is 1. The molecule has 0 spiro atoms. The Labute approximate surface area is 127 Å². The van der Waals surface area contributed by atoms with E-state index in [0.717, 1.165) is 18.4 Å². The molecule has 0 radical (unpaired) electrons. The first-order chi connectivity index (χ1) is 8.97. The van der Waals surface area contributed by atoms with Gasteiger partial charge in [-0.3, -0.25) is 4.79 Å². The zero-order valence-electron chi connectivity index (χ0n) is 10.2. The van der Waals surface area contributed by atoms with Crippen LogP contribution in [0.5, 0.6) is 0 Å². The minimum atomic E-state index is -1.91. The van der Waals surface area contributed by atoms with Crippen LogP contribution in [0.2, 0.25) is 0 Å². The molecule has 1 saturated carbocycles. The predicted molar refractivity (Wildman–Crippen MR) is 80.4 cm³/mol. The molecule has 1 aromatic carbocycles. The first-order valence-electron chi connectivity index (χ1n) is 6.08. The highest BCUT2D eigenvalue weighted by Gasteiger charge is 2.36. The summed E-state index contributed by atoms with van der Waals surface area (Å²) in [6, 6.07) is 9.80. The highest BCUT2D eigenvalue weighted by atomic mass is 35.6. The first kappa shape index (κ1) is 14.7. The van der Waals surface area contributed by atoms with Gasteiger partial charge in [-0.05, 0) is 24.3 Å². The number of benzene rings is 1. The van der Waals surface area contributed by atoms with Crippen LogP contribution < -0.4 is 5.32 Å². The topological polar surface area (TPSA) is 29.1 Å². The molecule has 0 saturated heterocycles. The molecule has 102 valence electrons. The summed E-state index contributed by atoms with van der Waals surface area (Å²) in [4.78, 5) is 11.7. The molecule has 1 aliphatic rings. The molecule has 1 aromatic rings. The lowest BCUT2D eigenvalue weighted by Crippen LogP contribution is -2.41. The lowest BCUT2D eigenvalue weighted by atomic mass is 10.1. The van der Waals surface area contributed by atoms with Crippen molar-refractivity contribution in [3.8, 4) is 0 Å². The number of amides is 1.